The van der Waals surface area contributed by atoms with Crippen LogP contribution in [0.15, 0.2) is 36.7 Å². The summed E-state index contributed by atoms with van der Waals surface area (Å²) in [6, 6.07) is 6.00. The lowest BCUT2D eigenvalue weighted by Crippen LogP contribution is -2.47. The molecule has 28 heavy (non-hydrogen) atoms. The first-order chi connectivity index (χ1) is 13.5. The molecule has 1 aromatic heterocycles. The van der Waals surface area contributed by atoms with Crippen molar-refractivity contribution in [1.82, 2.24) is 14.8 Å². The number of aromatic nitrogens is 1. The van der Waals surface area contributed by atoms with Gasteiger partial charge in [0.05, 0.1) is 7.11 Å². The van der Waals surface area contributed by atoms with Crippen molar-refractivity contribution in [3.8, 4) is 5.75 Å². The largest absolute Gasteiger partial charge is 0.497 e. The number of methoxy groups -OCH3 is 1. The number of fused-ring (bicyclic) bond motifs is 4. The van der Waals surface area contributed by atoms with E-state index in [4.69, 9.17) is 4.74 Å². The molecule has 0 N–H and O–H groups in total. The third-order valence-electron chi connectivity index (χ3n) is 5.64. The van der Waals surface area contributed by atoms with Gasteiger partial charge in [-0.25, -0.2) is 8.78 Å². The summed E-state index contributed by atoms with van der Waals surface area (Å²) in [7, 11) is 1.33. The van der Waals surface area contributed by atoms with Crippen molar-refractivity contribution in [2.45, 2.75) is 25.4 Å². The van der Waals surface area contributed by atoms with Crippen LogP contribution in [0.25, 0.3) is 0 Å². The van der Waals surface area contributed by atoms with Crippen molar-refractivity contribution in [2.24, 2.45) is 5.92 Å². The number of piperidine rings is 1. The minimum Gasteiger partial charge on any atom is -0.497 e. The second-order valence-corrected chi connectivity index (χ2v) is 7.58. The van der Waals surface area contributed by atoms with E-state index in [0.717, 1.165) is 43.6 Å². The summed E-state index contributed by atoms with van der Waals surface area (Å²) >= 11 is 0. The van der Waals surface area contributed by atoms with Gasteiger partial charge in [-0.1, -0.05) is 6.07 Å². The van der Waals surface area contributed by atoms with E-state index in [1.807, 2.05) is 18.3 Å². The van der Waals surface area contributed by atoms with Crippen molar-refractivity contribution in [2.75, 3.05) is 26.7 Å². The number of benzene rings is 1. The molecule has 0 radical (unpaired) electrons. The van der Waals surface area contributed by atoms with Crippen LogP contribution in [0.3, 0.4) is 0 Å². The lowest BCUT2D eigenvalue weighted by atomic mass is 9.94. The number of nitrogens with zero attached hydrogens (tertiary/aromatic N) is 3. The summed E-state index contributed by atoms with van der Waals surface area (Å²) in [5.41, 5.74) is 0.626. The highest BCUT2D eigenvalue weighted by molar-refractivity contribution is 5.95. The zero-order valence-electron chi connectivity index (χ0n) is 15.8. The number of carbonyl (C=O) groups excluding carboxylic acids is 1. The second kappa shape index (κ2) is 7.83. The van der Waals surface area contributed by atoms with E-state index in [9.17, 15) is 13.6 Å². The van der Waals surface area contributed by atoms with Crippen LogP contribution in [0.2, 0.25) is 0 Å². The number of rotatable bonds is 4. The fraction of sp³-hybridized carbons (Fsp3) is 0.429. The number of carbonyl (C=O) groups is 1. The zero-order valence-corrected chi connectivity index (χ0v) is 15.8. The first-order valence-electron chi connectivity index (χ1n) is 9.50. The average molecular weight is 387 g/mol. The van der Waals surface area contributed by atoms with Crippen LogP contribution >= 0.6 is 0 Å². The first-order valence-corrected chi connectivity index (χ1v) is 9.50. The topological polar surface area (TPSA) is 45.7 Å². The molecule has 1 amide bonds. The summed E-state index contributed by atoms with van der Waals surface area (Å²) in [5.74, 6) is -1.98. The number of amides is 1. The molecule has 2 bridgehead atoms. The Kier molecular flexibility index (Phi) is 5.26. The van der Waals surface area contributed by atoms with E-state index in [1.165, 1.54) is 7.11 Å². The van der Waals surface area contributed by atoms with Gasteiger partial charge in [-0.05, 0) is 30.4 Å². The van der Waals surface area contributed by atoms with E-state index in [0.29, 0.717) is 19.0 Å². The van der Waals surface area contributed by atoms with Crippen molar-refractivity contribution >= 4 is 5.91 Å². The van der Waals surface area contributed by atoms with Gasteiger partial charge in [0.1, 0.15) is 22.9 Å². The van der Waals surface area contributed by atoms with Gasteiger partial charge >= 0.3 is 0 Å². The molecule has 3 aliphatic heterocycles. The fourth-order valence-corrected chi connectivity index (χ4v) is 4.32. The Morgan fingerprint density at radius 1 is 1.21 bits per heavy atom. The van der Waals surface area contributed by atoms with E-state index < -0.39 is 23.1 Å². The highest BCUT2D eigenvalue weighted by Crippen LogP contribution is 2.31. The summed E-state index contributed by atoms with van der Waals surface area (Å²) < 4.78 is 33.7. The Morgan fingerprint density at radius 2 is 2.00 bits per heavy atom. The van der Waals surface area contributed by atoms with E-state index in [2.05, 4.69) is 9.88 Å². The smallest absolute Gasteiger partial charge is 0.260 e. The standard InChI is InChI=1S/C21H23F2N3O2/c1-28-17-7-18(22)20(19(23)8-17)21(27)26-12-15-4-5-16(26)13-25(11-15)10-14-3-2-6-24-9-14/h2-3,6-9,15-16H,4-5,10-13H2,1H3. The first kappa shape index (κ1) is 18.8. The third kappa shape index (κ3) is 3.71. The van der Waals surface area contributed by atoms with E-state index >= 15 is 0 Å². The molecule has 0 saturated carbocycles. The molecule has 2 aromatic rings. The van der Waals surface area contributed by atoms with Crippen LogP contribution in [0.4, 0.5) is 8.78 Å². The third-order valence-corrected chi connectivity index (χ3v) is 5.64. The van der Waals surface area contributed by atoms with Gasteiger partial charge in [-0.2, -0.15) is 0 Å². The molecule has 5 nitrogen and oxygen atoms in total. The quantitative estimate of drug-likeness (QED) is 0.809. The van der Waals surface area contributed by atoms with Crippen molar-refractivity contribution in [3.05, 3.63) is 59.4 Å². The Balaban J connectivity index is 1.54. The summed E-state index contributed by atoms with van der Waals surface area (Å²) in [6.07, 6.45) is 5.46. The van der Waals surface area contributed by atoms with Crippen molar-refractivity contribution < 1.29 is 18.3 Å². The van der Waals surface area contributed by atoms with Crippen LogP contribution in [-0.4, -0.2) is 53.5 Å². The summed E-state index contributed by atoms with van der Waals surface area (Å²) in [5, 5.41) is 0. The predicted molar refractivity (Wildman–Crippen MR) is 100.0 cm³/mol. The predicted octanol–water partition coefficient (Wildman–Crippen LogP) is 3.11. The summed E-state index contributed by atoms with van der Waals surface area (Å²) in [6.45, 7) is 2.84. The Bertz CT molecular complexity index is 839. The van der Waals surface area contributed by atoms with Crippen LogP contribution in [0.1, 0.15) is 28.8 Å². The van der Waals surface area contributed by atoms with Crippen molar-refractivity contribution in [3.63, 3.8) is 0 Å². The molecule has 3 saturated heterocycles. The Morgan fingerprint density at radius 3 is 2.68 bits per heavy atom. The second-order valence-electron chi connectivity index (χ2n) is 7.58. The minimum absolute atomic E-state index is 0.0520. The molecule has 0 spiro atoms. The monoisotopic (exact) mass is 387 g/mol. The highest BCUT2D eigenvalue weighted by Gasteiger charge is 2.39. The molecule has 4 heterocycles. The van der Waals surface area contributed by atoms with E-state index in [1.54, 1.807) is 11.1 Å². The maximum absolute atomic E-state index is 14.4. The number of hydrogen-bond acceptors (Lipinski definition) is 4. The Hall–Kier alpha value is -2.54. The van der Waals surface area contributed by atoms with Gasteiger partial charge < -0.3 is 9.64 Å². The summed E-state index contributed by atoms with van der Waals surface area (Å²) in [4.78, 5) is 21.2. The average Bonchev–Trinajstić information content (AvgIpc) is 2.98. The molecule has 5 rings (SSSR count). The molecule has 3 aliphatic rings. The molecule has 3 fully saturated rings. The van der Waals surface area contributed by atoms with Gasteiger partial charge in [-0.3, -0.25) is 14.7 Å². The number of hydrogen-bond donors (Lipinski definition) is 0. The normalized spacial score (nSPS) is 22.2. The lowest BCUT2D eigenvalue weighted by Gasteiger charge is -2.36. The van der Waals surface area contributed by atoms with Crippen LogP contribution < -0.4 is 4.74 Å². The molecule has 7 heteroatoms. The van der Waals surface area contributed by atoms with Gasteiger partial charge in [-0.15, -0.1) is 0 Å². The van der Waals surface area contributed by atoms with Crippen molar-refractivity contribution in [1.29, 1.82) is 0 Å². The number of halogens is 2. The molecular formula is C21H23F2N3O2. The van der Waals surface area contributed by atoms with Crippen LogP contribution in [0.5, 0.6) is 5.75 Å². The number of ether oxygens (including phenoxy) is 1. The van der Waals surface area contributed by atoms with Gasteiger partial charge in [0.2, 0.25) is 0 Å². The highest BCUT2D eigenvalue weighted by atomic mass is 19.1. The Labute approximate surface area is 162 Å². The molecule has 2 atom stereocenters. The SMILES string of the molecule is COc1cc(F)c(C(=O)N2CC3CCC2CN(Cc2cccnc2)C3)c(F)c1. The van der Waals surface area contributed by atoms with Crippen LogP contribution in [-0.2, 0) is 6.54 Å². The molecular weight excluding hydrogens is 364 g/mol. The van der Waals surface area contributed by atoms with Gasteiger partial charge in [0, 0.05) is 56.7 Å². The van der Waals surface area contributed by atoms with Crippen LogP contribution in [0, 0.1) is 17.6 Å². The molecule has 0 aliphatic carbocycles. The lowest BCUT2D eigenvalue weighted by molar-refractivity contribution is 0.0575. The maximum atomic E-state index is 14.4. The minimum atomic E-state index is -0.880. The molecule has 148 valence electrons. The van der Waals surface area contributed by atoms with Gasteiger partial charge in [0.25, 0.3) is 5.91 Å². The van der Waals surface area contributed by atoms with Gasteiger partial charge in [0.15, 0.2) is 0 Å². The molecule has 1 aromatic carbocycles. The zero-order chi connectivity index (χ0) is 19.7. The maximum Gasteiger partial charge on any atom is 0.260 e. The molecule has 2 unspecified atom stereocenters. The number of pyridine rings is 1. The fourth-order valence-electron chi connectivity index (χ4n) is 4.32. The van der Waals surface area contributed by atoms with E-state index in [-0.39, 0.29) is 11.8 Å².